The van der Waals surface area contributed by atoms with E-state index in [1.807, 2.05) is 0 Å². The van der Waals surface area contributed by atoms with Crippen LogP contribution in [-0.2, 0) is 17.3 Å². The van der Waals surface area contributed by atoms with E-state index >= 15 is 0 Å². The van der Waals surface area contributed by atoms with Gasteiger partial charge in [0.2, 0.25) is 0 Å². The SMILES string of the molecule is Cn1cc(C2(C(=O)O)CCCC2)nn1. The van der Waals surface area contributed by atoms with Crippen molar-refractivity contribution in [2.75, 3.05) is 0 Å². The summed E-state index contributed by atoms with van der Waals surface area (Å²) in [6, 6.07) is 0. The Bertz CT molecular complexity index is 353. The van der Waals surface area contributed by atoms with Crippen molar-refractivity contribution >= 4 is 5.97 Å². The molecule has 0 spiro atoms. The van der Waals surface area contributed by atoms with Crippen molar-refractivity contribution in [3.63, 3.8) is 0 Å². The fraction of sp³-hybridized carbons (Fsp3) is 0.667. The Morgan fingerprint density at radius 2 is 2.21 bits per heavy atom. The maximum absolute atomic E-state index is 11.3. The molecule has 1 aromatic rings. The van der Waals surface area contributed by atoms with Crippen molar-refractivity contribution in [3.05, 3.63) is 11.9 Å². The van der Waals surface area contributed by atoms with Crippen molar-refractivity contribution in [2.45, 2.75) is 31.1 Å². The zero-order chi connectivity index (χ0) is 10.2. The lowest BCUT2D eigenvalue weighted by atomic mass is 9.83. The number of carboxylic acids is 1. The van der Waals surface area contributed by atoms with E-state index in [2.05, 4.69) is 10.3 Å². The molecule has 1 heterocycles. The van der Waals surface area contributed by atoms with Gasteiger partial charge in [-0.2, -0.15) is 0 Å². The molecule has 76 valence electrons. The quantitative estimate of drug-likeness (QED) is 0.754. The number of aromatic nitrogens is 3. The third-order valence-corrected chi connectivity index (χ3v) is 2.96. The van der Waals surface area contributed by atoms with Crippen LogP contribution in [0.2, 0.25) is 0 Å². The zero-order valence-corrected chi connectivity index (χ0v) is 8.10. The number of rotatable bonds is 2. The Kier molecular flexibility index (Phi) is 2.02. The first kappa shape index (κ1) is 9.18. The summed E-state index contributed by atoms with van der Waals surface area (Å²) in [5.41, 5.74) is -0.168. The monoisotopic (exact) mass is 195 g/mol. The third kappa shape index (κ3) is 1.20. The average Bonchev–Trinajstić information content (AvgIpc) is 2.71. The molecule has 1 aliphatic carbocycles. The number of nitrogens with zero attached hydrogens (tertiary/aromatic N) is 3. The van der Waals surface area contributed by atoms with Crippen LogP contribution >= 0.6 is 0 Å². The first-order chi connectivity index (χ1) is 6.65. The molecule has 0 unspecified atom stereocenters. The molecule has 1 saturated carbocycles. The van der Waals surface area contributed by atoms with Crippen LogP contribution in [0.15, 0.2) is 6.20 Å². The molecule has 5 heteroatoms. The summed E-state index contributed by atoms with van der Waals surface area (Å²) in [6.45, 7) is 0. The number of carbonyl (C=O) groups is 1. The van der Waals surface area contributed by atoms with Crippen molar-refractivity contribution in [1.29, 1.82) is 0 Å². The molecule has 5 nitrogen and oxygen atoms in total. The Morgan fingerprint density at radius 1 is 1.57 bits per heavy atom. The first-order valence-corrected chi connectivity index (χ1v) is 4.75. The van der Waals surface area contributed by atoms with Crippen LogP contribution in [0.4, 0.5) is 0 Å². The van der Waals surface area contributed by atoms with E-state index < -0.39 is 11.4 Å². The van der Waals surface area contributed by atoms with E-state index in [4.69, 9.17) is 0 Å². The number of carboxylic acid groups (broad SMARTS) is 1. The average molecular weight is 195 g/mol. The molecule has 0 aromatic carbocycles. The molecular formula is C9H13N3O2. The highest BCUT2D eigenvalue weighted by atomic mass is 16.4. The summed E-state index contributed by atoms with van der Waals surface area (Å²) in [4.78, 5) is 11.3. The van der Waals surface area contributed by atoms with E-state index in [1.165, 1.54) is 0 Å². The highest BCUT2D eigenvalue weighted by molar-refractivity contribution is 5.80. The van der Waals surface area contributed by atoms with Gasteiger partial charge in [-0.3, -0.25) is 9.48 Å². The summed E-state index contributed by atoms with van der Waals surface area (Å²) in [7, 11) is 1.75. The summed E-state index contributed by atoms with van der Waals surface area (Å²) in [5.74, 6) is -0.768. The van der Waals surface area contributed by atoms with Crippen LogP contribution in [0, 0.1) is 0 Å². The maximum atomic E-state index is 11.3. The second-order valence-corrected chi connectivity index (χ2v) is 3.87. The van der Waals surface area contributed by atoms with Gasteiger partial charge in [0.25, 0.3) is 0 Å². The second kappa shape index (κ2) is 3.08. The van der Waals surface area contributed by atoms with E-state index in [9.17, 15) is 9.90 Å². The largest absolute Gasteiger partial charge is 0.481 e. The molecule has 0 aliphatic heterocycles. The molecule has 14 heavy (non-hydrogen) atoms. The summed E-state index contributed by atoms with van der Waals surface area (Å²) >= 11 is 0. The molecule has 0 bridgehead atoms. The van der Waals surface area contributed by atoms with Gasteiger partial charge in [-0.1, -0.05) is 18.1 Å². The summed E-state index contributed by atoms with van der Waals surface area (Å²) in [6.07, 6.45) is 4.99. The third-order valence-electron chi connectivity index (χ3n) is 2.96. The van der Waals surface area contributed by atoms with Crippen LogP contribution in [0.5, 0.6) is 0 Å². The fourth-order valence-electron chi connectivity index (χ4n) is 2.12. The molecule has 0 radical (unpaired) electrons. The standard InChI is InChI=1S/C9H13N3O2/c1-12-6-7(10-11-12)9(8(13)14)4-2-3-5-9/h6H,2-5H2,1H3,(H,13,14). The molecule has 1 fully saturated rings. The van der Waals surface area contributed by atoms with Gasteiger partial charge in [0, 0.05) is 13.2 Å². The van der Waals surface area contributed by atoms with Gasteiger partial charge in [0.05, 0.1) is 5.69 Å². The number of aryl methyl sites for hydroxylation is 1. The first-order valence-electron chi connectivity index (χ1n) is 4.75. The van der Waals surface area contributed by atoms with Gasteiger partial charge in [-0.05, 0) is 12.8 Å². The predicted octanol–water partition coefficient (Wildman–Crippen LogP) is 0.712. The van der Waals surface area contributed by atoms with Crippen LogP contribution in [0.25, 0.3) is 0 Å². The minimum Gasteiger partial charge on any atom is -0.481 e. The Labute approximate surface area is 81.7 Å². The zero-order valence-electron chi connectivity index (χ0n) is 8.10. The maximum Gasteiger partial charge on any atom is 0.315 e. The van der Waals surface area contributed by atoms with E-state index in [0.29, 0.717) is 18.5 Å². The second-order valence-electron chi connectivity index (χ2n) is 3.87. The molecule has 0 saturated heterocycles. The fourth-order valence-corrected chi connectivity index (χ4v) is 2.12. The van der Waals surface area contributed by atoms with Gasteiger partial charge in [0.1, 0.15) is 5.41 Å². The minimum absolute atomic E-state index is 0.602. The van der Waals surface area contributed by atoms with E-state index in [0.717, 1.165) is 12.8 Å². The highest BCUT2D eigenvalue weighted by Gasteiger charge is 2.45. The van der Waals surface area contributed by atoms with Gasteiger partial charge in [-0.25, -0.2) is 0 Å². The summed E-state index contributed by atoms with van der Waals surface area (Å²) < 4.78 is 1.55. The number of hydrogen-bond donors (Lipinski definition) is 1. The summed E-state index contributed by atoms with van der Waals surface area (Å²) in [5, 5.41) is 17.0. The lowest BCUT2D eigenvalue weighted by Gasteiger charge is -2.19. The lowest BCUT2D eigenvalue weighted by Crippen LogP contribution is -2.33. The molecule has 1 aliphatic rings. The Morgan fingerprint density at radius 3 is 2.64 bits per heavy atom. The van der Waals surface area contributed by atoms with Crippen LogP contribution in [-0.4, -0.2) is 26.1 Å². The van der Waals surface area contributed by atoms with Crippen molar-refractivity contribution in [3.8, 4) is 0 Å². The topological polar surface area (TPSA) is 68.0 Å². The minimum atomic E-state index is -0.770. The molecule has 1 N–H and O–H groups in total. The normalized spacial score (nSPS) is 19.8. The molecule has 0 amide bonds. The molecule has 2 rings (SSSR count). The molecule has 1 aromatic heterocycles. The van der Waals surface area contributed by atoms with E-state index in [1.54, 1.807) is 17.9 Å². The Hall–Kier alpha value is -1.39. The van der Waals surface area contributed by atoms with Gasteiger partial charge in [-0.15, -0.1) is 5.10 Å². The predicted molar refractivity (Wildman–Crippen MR) is 48.8 cm³/mol. The molecule has 0 atom stereocenters. The highest BCUT2D eigenvalue weighted by Crippen LogP contribution is 2.40. The van der Waals surface area contributed by atoms with Crippen LogP contribution in [0.3, 0.4) is 0 Å². The van der Waals surface area contributed by atoms with Crippen molar-refractivity contribution in [1.82, 2.24) is 15.0 Å². The van der Waals surface area contributed by atoms with Gasteiger partial charge >= 0.3 is 5.97 Å². The van der Waals surface area contributed by atoms with Gasteiger partial charge in [0.15, 0.2) is 0 Å². The Balaban J connectivity index is 2.41. The van der Waals surface area contributed by atoms with Gasteiger partial charge < -0.3 is 5.11 Å². The lowest BCUT2D eigenvalue weighted by molar-refractivity contribution is -0.143. The van der Waals surface area contributed by atoms with E-state index in [-0.39, 0.29) is 0 Å². The van der Waals surface area contributed by atoms with Crippen molar-refractivity contribution < 1.29 is 9.90 Å². The van der Waals surface area contributed by atoms with Crippen molar-refractivity contribution in [2.24, 2.45) is 7.05 Å². The molecular weight excluding hydrogens is 182 g/mol. The van der Waals surface area contributed by atoms with Crippen LogP contribution < -0.4 is 0 Å². The number of hydrogen-bond acceptors (Lipinski definition) is 3. The smallest absolute Gasteiger partial charge is 0.315 e. The number of aliphatic carboxylic acids is 1. The van der Waals surface area contributed by atoms with Crippen LogP contribution in [0.1, 0.15) is 31.4 Å².